The predicted molar refractivity (Wildman–Crippen MR) is 103 cm³/mol. The first-order valence-electron chi connectivity index (χ1n) is 8.70. The lowest BCUT2D eigenvalue weighted by molar-refractivity contribution is -0.159. The minimum atomic E-state index is -4.52. The van der Waals surface area contributed by atoms with Crippen LogP contribution in [0.1, 0.15) is 21.5 Å². The Hall–Kier alpha value is -3.29. The number of hydrogen-bond donors (Lipinski definition) is 1. The molecular formula is C21H21F3N2O3. The third kappa shape index (κ3) is 6.99. The highest BCUT2D eigenvalue weighted by molar-refractivity contribution is 5.94. The Morgan fingerprint density at radius 2 is 1.69 bits per heavy atom. The Kier molecular flexibility index (Phi) is 7.41. The number of amides is 2. The fraction of sp³-hybridized carbons (Fsp3) is 0.238. The van der Waals surface area contributed by atoms with Crippen LogP contribution in [0.15, 0.2) is 54.6 Å². The molecule has 5 nitrogen and oxygen atoms in total. The van der Waals surface area contributed by atoms with Gasteiger partial charge in [-0.2, -0.15) is 13.2 Å². The lowest BCUT2D eigenvalue weighted by Gasteiger charge is -2.23. The third-order valence-corrected chi connectivity index (χ3v) is 4.03. The average molecular weight is 406 g/mol. The summed E-state index contributed by atoms with van der Waals surface area (Å²) < 4.78 is 43.8. The van der Waals surface area contributed by atoms with Crippen LogP contribution in [-0.4, -0.2) is 43.6 Å². The van der Waals surface area contributed by atoms with Crippen LogP contribution in [0.25, 0.3) is 6.08 Å². The van der Waals surface area contributed by atoms with E-state index < -0.39 is 18.6 Å². The molecule has 0 radical (unpaired) electrons. The molecule has 0 aliphatic rings. The standard InChI is InChI=1S/C21H21F3N2O3/c1-25-20(28)17-8-3-15(4-9-17)7-12-19(27)26(14-21(22,23)24)13-16-5-10-18(29-2)11-6-16/h3-12H,13-14H2,1-2H3,(H,25,28)/b12-7+. The number of ether oxygens (including phenoxy) is 1. The Morgan fingerprint density at radius 1 is 1.07 bits per heavy atom. The summed E-state index contributed by atoms with van der Waals surface area (Å²) in [7, 11) is 2.99. The first-order chi connectivity index (χ1) is 13.7. The molecule has 2 aromatic carbocycles. The molecule has 0 spiro atoms. The van der Waals surface area contributed by atoms with E-state index in [1.807, 2.05) is 0 Å². The van der Waals surface area contributed by atoms with E-state index in [-0.39, 0.29) is 12.5 Å². The summed E-state index contributed by atoms with van der Waals surface area (Å²) in [6.07, 6.45) is -2.03. The van der Waals surface area contributed by atoms with Gasteiger partial charge >= 0.3 is 6.18 Å². The maximum Gasteiger partial charge on any atom is 0.406 e. The molecule has 2 aromatic rings. The summed E-state index contributed by atoms with van der Waals surface area (Å²) in [5.41, 5.74) is 1.57. The van der Waals surface area contributed by atoms with E-state index in [0.717, 1.165) is 11.0 Å². The van der Waals surface area contributed by atoms with Gasteiger partial charge in [0.25, 0.3) is 5.91 Å². The molecule has 1 N–H and O–H groups in total. The van der Waals surface area contributed by atoms with Gasteiger partial charge in [0, 0.05) is 25.2 Å². The van der Waals surface area contributed by atoms with Crippen molar-refractivity contribution in [2.45, 2.75) is 12.7 Å². The van der Waals surface area contributed by atoms with Gasteiger partial charge < -0.3 is 15.0 Å². The minimum Gasteiger partial charge on any atom is -0.497 e. The van der Waals surface area contributed by atoms with E-state index in [1.165, 1.54) is 20.2 Å². The largest absolute Gasteiger partial charge is 0.497 e. The van der Waals surface area contributed by atoms with Crippen molar-refractivity contribution in [1.82, 2.24) is 10.2 Å². The zero-order valence-corrected chi connectivity index (χ0v) is 16.0. The van der Waals surface area contributed by atoms with E-state index in [0.29, 0.717) is 22.4 Å². The van der Waals surface area contributed by atoms with Crippen molar-refractivity contribution in [2.75, 3.05) is 20.7 Å². The van der Waals surface area contributed by atoms with Gasteiger partial charge in [-0.15, -0.1) is 0 Å². The number of halogens is 3. The number of nitrogens with one attached hydrogen (secondary N) is 1. The van der Waals surface area contributed by atoms with Crippen LogP contribution in [0.5, 0.6) is 5.75 Å². The minimum absolute atomic E-state index is 0.192. The zero-order valence-electron chi connectivity index (χ0n) is 16.0. The molecule has 2 amide bonds. The van der Waals surface area contributed by atoms with E-state index >= 15 is 0 Å². The van der Waals surface area contributed by atoms with Gasteiger partial charge in [0.05, 0.1) is 7.11 Å². The smallest absolute Gasteiger partial charge is 0.406 e. The van der Waals surface area contributed by atoms with Crippen molar-refractivity contribution in [2.24, 2.45) is 0 Å². The normalized spacial score (nSPS) is 11.3. The zero-order chi connectivity index (χ0) is 21.4. The molecule has 8 heteroatoms. The maximum absolute atomic E-state index is 12.9. The lowest BCUT2D eigenvalue weighted by Crippen LogP contribution is -2.37. The van der Waals surface area contributed by atoms with E-state index in [2.05, 4.69) is 5.32 Å². The van der Waals surface area contributed by atoms with Crippen molar-refractivity contribution in [3.8, 4) is 5.75 Å². The van der Waals surface area contributed by atoms with E-state index in [4.69, 9.17) is 4.74 Å². The molecule has 0 saturated heterocycles. The molecule has 2 rings (SSSR count). The Balaban J connectivity index is 2.13. The van der Waals surface area contributed by atoms with Crippen LogP contribution in [0.2, 0.25) is 0 Å². The Labute approximate surface area is 166 Å². The number of rotatable bonds is 7. The van der Waals surface area contributed by atoms with E-state index in [9.17, 15) is 22.8 Å². The summed E-state index contributed by atoms with van der Waals surface area (Å²) in [6.45, 7) is -1.56. The first kappa shape index (κ1) is 22.0. The number of alkyl halides is 3. The van der Waals surface area contributed by atoms with Crippen LogP contribution in [0.3, 0.4) is 0 Å². The number of nitrogens with zero attached hydrogens (tertiary/aromatic N) is 1. The van der Waals surface area contributed by atoms with Crippen LogP contribution in [0, 0.1) is 0 Å². The molecule has 0 fully saturated rings. The highest BCUT2D eigenvalue weighted by atomic mass is 19.4. The third-order valence-electron chi connectivity index (χ3n) is 4.03. The summed E-state index contributed by atoms with van der Waals surface area (Å²) in [5, 5.41) is 2.49. The Bertz CT molecular complexity index is 860. The second kappa shape index (κ2) is 9.77. The summed E-state index contributed by atoms with van der Waals surface area (Å²) in [4.78, 5) is 24.6. The van der Waals surface area contributed by atoms with Crippen molar-refractivity contribution in [3.05, 3.63) is 71.3 Å². The summed E-state index contributed by atoms with van der Waals surface area (Å²) >= 11 is 0. The first-order valence-corrected chi connectivity index (χ1v) is 8.70. The quantitative estimate of drug-likeness (QED) is 0.714. The van der Waals surface area contributed by atoms with Crippen molar-refractivity contribution >= 4 is 17.9 Å². The molecule has 0 unspecified atom stereocenters. The fourth-order valence-electron chi connectivity index (χ4n) is 2.54. The van der Waals surface area contributed by atoms with Crippen molar-refractivity contribution < 1.29 is 27.5 Å². The van der Waals surface area contributed by atoms with Crippen LogP contribution in [-0.2, 0) is 11.3 Å². The molecule has 0 atom stereocenters. The fourth-order valence-corrected chi connectivity index (χ4v) is 2.54. The van der Waals surface area contributed by atoms with Crippen LogP contribution >= 0.6 is 0 Å². The highest BCUT2D eigenvalue weighted by Crippen LogP contribution is 2.20. The molecule has 0 aromatic heterocycles. The second-order valence-electron chi connectivity index (χ2n) is 6.19. The number of benzene rings is 2. The van der Waals surface area contributed by atoms with E-state index in [1.54, 1.807) is 48.5 Å². The second-order valence-corrected chi connectivity index (χ2v) is 6.19. The lowest BCUT2D eigenvalue weighted by atomic mass is 10.1. The SMILES string of the molecule is CNC(=O)c1ccc(/C=C/C(=O)N(Cc2ccc(OC)cc2)CC(F)(F)F)cc1. The monoisotopic (exact) mass is 406 g/mol. The van der Waals surface area contributed by atoms with Crippen molar-refractivity contribution in [1.29, 1.82) is 0 Å². The molecule has 154 valence electrons. The number of hydrogen-bond acceptors (Lipinski definition) is 3. The van der Waals surface area contributed by atoms with Gasteiger partial charge in [-0.25, -0.2) is 0 Å². The molecule has 0 heterocycles. The van der Waals surface area contributed by atoms with Gasteiger partial charge in [0.2, 0.25) is 5.91 Å². The average Bonchev–Trinajstić information content (AvgIpc) is 2.71. The van der Waals surface area contributed by atoms with Gasteiger partial charge in [0.1, 0.15) is 12.3 Å². The highest BCUT2D eigenvalue weighted by Gasteiger charge is 2.32. The molecule has 0 aliphatic carbocycles. The maximum atomic E-state index is 12.9. The number of methoxy groups -OCH3 is 1. The predicted octanol–water partition coefficient (Wildman–Crippen LogP) is 3.66. The van der Waals surface area contributed by atoms with Crippen LogP contribution < -0.4 is 10.1 Å². The summed E-state index contributed by atoms with van der Waals surface area (Å²) in [5.74, 6) is -0.455. The van der Waals surface area contributed by atoms with Crippen LogP contribution in [0.4, 0.5) is 13.2 Å². The molecular weight excluding hydrogens is 385 g/mol. The molecule has 0 bridgehead atoms. The number of carbonyl (C=O) groups excluding carboxylic acids is 2. The van der Waals surface area contributed by atoms with Gasteiger partial charge in [-0.05, 0) is 41.5 Å². The molecule has 29 heavy (non-hydrogen) atoms. The molecule has 0 aliphatic heterocycles. The van der Waals surface area contributed by atoms with Crippen molar-refractivity contribution in [3.63, 3.8) is 0 Å². The summed E-state index contributed by atoms with van der Waals surface area (Å²) in [6, 6.07) is 12.8. The molecule has 0 saturated carbocycles. The topological polar surface area (TPSA) is 58.6 Å². The number of carbonyl (C=O) groups is 2. The Morgan fingerprint density at radius 3 is 2.21 bits per heavy atom. The van der Waals surface area contributed by atoms with Gasteiger partial charge in [-0.3, -0.25) is 9.59 Å². The van der Waals surface area contributed by atoms with Gasteiger partial charge in [-0.1, -0.05) is 24.3 Å². The van der Waals surface area contributed by atoms with Gasteiger partial charge in [0.15, 0.2) is 0 Å².